The molecule has 2 N–H and O–H groups in total. The Morgan fingerprint density at radius 2 is 2.05 bits per heavy atom. The van der Waals surface area contributed by atoms with Crippen LogP contribution in [-0.4, -0.2) is 30.4 Å². The second-order valence-electron chi connectivity index (χ2n) is 5.98. The highest BCUT2D eigenvalue weighted by molar-refractivity contribution is 6.08. The first kappa shape index (κ1) is 14.3. The van der Waals surface area contributed by atoms with Gasteiger partial charge >= 0.3 is 0 Å². The normalized spacial score (nSPS) is 25.6. The number of likely N-dealkylation sites (tertiary alicyclic amines) is 1. The molecule has 1 aromatic rings. The van der Waals surface area contributed by atoms with Crippen molar-refractivity contribution < 1.29 is 9.18 Å². The van der Waals surface area contributed by atoms with E-state index in [1.54, 1.807) is 0 Å². The number of hydrogen-bond acceptors (Lipinski definition) is 3. The molecule has 1 atom stereocenters. The molecule has 3 rings (SSSR count). The molecule has 1 saturated heterocycles. The van der Waals surface area contributed by atoms with Gasteiger partial charge in [0.25, 0.3) is 0 Å². The molecule has 4 nitrogen and oxygen atoms in total. The van der Waals surface area contributed by atoms with E-state index >= 15 is 0 Å². The highest BCUT2D eigenvalue weighted by Crippen LogP contribution is 2.45. The maximum Gasteiger partial charge on any atom is 0.249 e. The van der Waals surface area contributed by atoms with Crippen molar-refractivity contribution in [3.63, 3.8) is 0 Å². The minimum absolute atomic E-state index is 0.0517. The molecular weight excluding hydrogens is 269 g/mol. The van der Waals surface area contributed by atoms with E-state index in [0.29, 0.717) is 12.2 Å². The van der Waals surface area contributed by atoms with E-state index in [1.165, 1.54) is 18.6 Å². The molecule has 0 bridgehead atoms. The number of benzene rings is 1. The van der Waals surface area contributed by atoms with Crippen molar-refractivity contribution in [2.45, 2.75) is 38.6 Å². The highest BCUT2D eigenvalue weighted by atomic mass is 19.1. The van der Waals surface area contributed by atoms with E-state index in [2.05, 4.69) is 15.5 Å². The van der Waals surface area contributed by atoms with Crippen molar-refractivity contribution in [3.05, 3.63) is 23.5 Å². The topological polar surface area (TPSA) is 44.4 Å². The van der Waals surface area contributed by atoms with E-state index in [4.69, 9.17) is 0 Å². The van der Waals surface area contributed by atoms with Gasteiger partial charge in [0.15, 0.2) is 0 Å². The van der Waals surface area contributed by atoms with Crippen LogP contribution in [0.15, 0.2) is 12.1 Å². The SMILES string of the molecule is CCNc1cc(F)cc2c1NC(=O)C2(C)N1CCCCC1. The van der Waals surface area contributed by atoms with Gasteiger partial charge in [-0.3, -0.25) is 9.69 Å². The lowest BCUT2D eigenvalue weighted by molar-refractivity contribution is -0.127. The monoisotopic (exact) mass is 291 g/mol. The van der Waals surface area contributed by atoms with Crippen molar-refractivity contribution in [2.75, 3.05) is 30.3 Å². The van der Waals surface area contributed by atoms with Gasteiger partial charge in [-0.15, -0.1) is 0 Å². The van der Waals surface area contributed by atoms with Gasteiger partial charge in [-0.2, -0.15) is 0 Å². The van der Waals surface area contributed by atoms with E-state index in [9.17, 15) is 9.18 Å². The molecule has 1 amide bonds. The van der Waals surface area contributed by atoms with Crippen molar-refractivity contribution in [3.8, 4) is 0 Å². The Balaban J connectivity index is 2.08. The van der Waals surface area contributed by atoms with E-state index < -0.39 is 5.54 Å². The zero-order valence-corrected chi connectivity index (χ0v) is 12.6. The molecule has 0 saturated carbocycles. The van der Waals surface area contributed by atoms with Crippen LogP contribution >= 0.6 is 0 Å². The Morgan fingerprint density at radius 3 is 2.71 bits per heavy atom. The highest BCUT2D eigenvalue weighted by Gasteiger charge is 2.48. The summed E-state index contributed by atoms with van der Waals surface area (Å²) in [5, 5.41) is 6.09. The van der Waals surface area contributed by atoms with Crippen LogP contribution in [0.3, 0.4) is 0 Å². The smallest absolute Gasteiger partial charge is 0.249 e. The van der Waals surface area contributed by atoms with Gasteiger partial charge in [-0.1, -0.05) is 6.42 Å². The molecule has 1 unspecified atom stereocenters. The van der Waals surface area contributed by atoms with Crippen LogP contribution in [0.25, 0.3) is 0 Å². The molecule has 2 aliphatic heterocycles. The molecule has 0 radical (unpaired) electrons. The quantitative estimate of drug-likeness (QED) is 0.900. The Labute approximate surface area is 124 Å². The maximum atomic E-state index is 14.0. The summed E-state index contributed by atoms with van der Waals surface area (Å²) in [6, 6.07) is 2.95. The fourth-order valence-corrected chi connectivity index (χ4v) is 3.47. The van der Waals surface area contributed by atoms with Crippen LogP contribution in [0.1, 0.15) is 38.7 Å². The molecule has 114 valence electrons. The number of carbonyl (C=O) groups excluding carboxylic acids is 1. The van der Waals surface area contributed by atoms with Crippen molar-refractivity contribution in [1.82, 2.24) is 4.90 Å². The zero-order valence-electron chi connectivity index (χ0n) is 12.6. The fraction of sp³-hybridized carbons (Fsp3) is 0.562. The van der Waals surface area contributed by atoms with Crippen molar-refractivity contribution in [2.24, 2.45) is 0 Å². The summed E-state index contributed by atoms with van der Waals surface area (Å²) >= 11 is 0. The molecule has 21 heavy (non-hydrogen) atoms. The zero-order chi connectivity index (χ0) is 15.0. The average molecular weight is 291 g/mol. The number of fused-ring (bicyclic) bond motifs is 1. The summed E-state index contributed by atoms with van der Waals surface area (Å²) in [5.41, 5.74) is 1.39. The van der Waals surface area contributed by atoms with Crippen LogP contribution in [0.4, 0.5) is 15.8 Å². The largest absolute Gasteiger partial charge is 0.384 e. The molecule has 0 spiro atoms. The number of nitrogens with one attached hydrogen (secondary N) is 2. The predicted molar refractivity (Wildman–Crippen MR) is 82.0 cm³/mol. The van der Waals surface area contributed by atoms with Crippen molar-refractivity contribution >= 4 is 17.3 Å². The van der Waals surface area contributed by atoms with Gasteiger partial charge in [0.05, 0.1) is 11.4 Å². The average Bonchev–Trinajstić information content (AvgIpc) is 2.74. The van der Waals surface area contributed by atoms with Crippen LogP contribution in [0.5, 0.6) is 0 Å². The first-order valence-electron chi connectivity index (χ1n) is 7.71. The maximum absolute atomic E-state index is 14.0. The van der Waals surface area contributed by atoms with E-state index in [0.717, 1.165) is 37.2 Å². The number of carbonyl (C=O) groups is 1. The fourth-order valence-electron chi connectivity index (χ4n) is 3.47. The van der Waals surface area contributed by atoms with Crippen molar-refractivity contribution in [1.29, 1.82) is 0 Å². The number of rotatable bonds is 3. The van der Waals surface area contributed by atoms with Crippen LogP contribution in [-0.2, 0) is 10.3 Å². The van der Waals surface area contributed by atoms with Crippen LogP contribution in [0, 0.1) is 5.82 Å². The Morgan fingerprint density at radius 1 is 1.33 bits per heavy atom. The number of halogens is 1. The number of amides is 1. The molecule has 1 aromatic carbocycles. The minimum Gasteiger partial charge on any atom is -0.384 e. The predicted octanol–water partition coefficient (Wildman–Crippen LogP) is 2.91. The molecule has 0 aromatic heterocycles. The summed E-state index contributed by atoms with van der Waals surface area (Å²) in [6.07, 6.45) is 3.38. The summed E-state index contributed by atoms with van der Waals surface area (Å²) in [4.78, 5) is 14.8. The Kier molecular flexibility index (Phi) is 3.61. The van der Waals surface area contributed by atoms with Gasteiger partial charge < -0.3 is 10.6 Å². The van der Waals surface area contributed by atoms with Gasteiger partial charge in [0.2, 0.25) is 5.91 Å². The molecule has 2 heterocycles. The summed E-state index contributed by atoms with van der Waals surface area (Å²) < 4.78 is 14.0. The molecule has 1 fully saturated rings. The summed E-state index contributed by atoms with van der Waals surface area (Å²) in [7, 11) is 0. The van der Waals surface area contributed by atoms with Gasteiger partial charge in [-0.05, 0) is 51.9 Å². The second-order valence-corrected chi connectivity index (χ2v) is 5.98. The number of anilines is 2. The Hall–Kier alpha value is -1.62. The summed E-state index contributed by atoms with van der Waals surface area (Å²) in [5.74, 6) is -0.353. The van der Waals surface area contributed by atoms with Crippen LogP contribution in [0.2, 0.25) is 0 Å². The lowest BCUT2D eigenvalue weighted by atomic mass is 9.89. The first-order valence-corrected chi connectivity index (χ1v) is 7.71. The number of hydrogen-bond donors (Lipinski definition) is 2. The van der Waals surface area contributed by atoms with Crippen LogP contribution < -0.4 is 10.6 Å². The second kappa shape index (κ2) is 5.30. The van der Waals surface area contributed by atoms with Gasteiger partial charge in [0, 0.05) is 12.1 Å². The molecule has 0 aliphatic carbocycles. The molecule has 5 heteroatoms. The first-order chi connectivity index (χ1) is 10.1. The molecule has 2 aliphatic rings. The molecular formula is C16H22FN3O. The third-order valence-electron chi connectivity index (χ3n) is 4.66. The van der Waals surface area contributed by atoms with Gasteiger partial charge in [0.1, 0.15) is 11.4 Å². The minimum atomic E-state index is -0.762. The third-order valence-corrected chi connectivity index (χ3v) is 4.66. The van der Waals surface area contributed by atoms with E-state index in [-0.39, 0.29) is 11.7 Å². The number of nitrogens with zero attached hydrogens (tertiary/aromatic N) is 1. The standard InChI is InChI=1S/C16H22FN3O/c1-3-18-13-10-11(17)9-12-14(13)19-15(21)16(12,2)20-7-5-4-6-8-20/h9-10,18H,3-8H2,1-2H3,(H,19,21). The van der Waals surface area contributed by atoms with Gasteiger partial charge in [-0.25, -0.2) is 4.39 Å². The summed E-state index contributed by atoms with van der Waals surface area (Å²) in [6.45, 7) is 6.32. The lowest BCUT2D eigenvalue weighted by Crippen LogP contribution is -2.50. The Bertz CT molecular complexity index is 569. The number of piperidine rings is 1. The third kappa shape index (κ3) is 2.20. The van der Waals surface area contributed by atoms with E-state index in [1.807, 2.05) is 13.8 Å². The lowest BCUT2D eigenvalue weighted by Gasteiger charge is -2.39.